The van der Waals surface area contributed by atoms with Crippen LogP contribution in [0.25, 0.3) is 0 Å². The lowest BCUT2D eigenvalue weighted by Crippen LogP contribution is -2.00. The summed E-state index contributed by atoms with van der Waals surface area (Å²) in [6, 6.07) is 16.0. The van der Waals surface area contributed by atoms with Gasteiger partial charge < -0.3 is 4.89 Å². The van der Waals surface area contributed by atoms with Crippen molar-refractivity contribution in [3.8, 4) is 5.75 Å². The number of benzene rings is 2. The highest BCUT2D eigenvalue weighted by Crippen LogP contribution is 2.15. The molecule has 0 bridgehead atoms. The monoisotopic (exact) mass is 228 g/mol. The largest absolute Gasteiger partial charge is 0.338 e. The van der Waals surface area contributed by atoms with Gasteiger partial charge in [-0.1, -0.05) is 30.3 Å². The maximum Gasteiger partial charge on any atom is 0.193 e. The van der Waals surface area contributed by atoms with E-state index in [2.05, 4.69) is 4.89 Å². The van der Waals surface area contributed by atoms with E-state index >= 15 is 0 Å². The van der Waals surface area contributed by atoms with Gasteiger partial charge in [-0.15, -0.1) is 0 Å². The van der Waals surface area contributed by atoms with E-state index in [9.17, 15) is 4.79 Å². The Morgan fingerprint density at radius 1 is 0.882 bits per heavy atom. The molecule has 17 heavy (non-hydrogen) atoms. The fraction of sp³-hybridized carbons (Fsp3) is 0.0714. The molecule has 0 fully saturated rings. The molecule has 0 spiro atoms. The number of hydrogen-bond acceptors (Lipinski definition) is 3. The zero-order chi connectivity index (χ0) is 12.1. The van der Waals surface area contributed by atoms with Crippen molar-refractivity contribution in [2.24, 2.45) is 0 Å². The Morgan fingerprint density at radius 3 is 2.06 bits per heavy atom. The predicted octanol–water partition coefficient (Wildman–Crippen LogP) is 2.86. The molecule has 0 aliphatic carbocycles. The molecule has 3 heteroatoms. The first-order valence-electron chi connectivity index (χ1n) is 5.22. The van der Waals surface area contributed by atoms with Crippen molar-refractivity contribution >= 4 is 5.78 Å². The lowest BCUT2D eigenvalue weighted by Gasteiger charge is -2.03. The van der Waals surface area contributed by atoms with Gasteiger partial charge in [0.05, 0.1) is 7.11 Å². The molecule has 2 rings (SSSR count). The molecule has 0 atom stereocenters. The van der Waals surface area contributed by atoms with Crippen LogP contribution in [0, 0.1) is 0 Å². The minimum atomic E-state index is -0.00503. The van der Waals surface area contributed by atoms with Crippen molar-refractivity contribution in [1.29, 1.82) is 0 Å². The quantitative estimate of drug-likeness (QED) is 0.458. The standard InChI is InChI=1S/C14H12O3/c1-16-17-13-9-7-12(8-10-13)14(15)11-5-3-2-4-6-11/h2-10H,1H3. The van der Waals surface area contributed by atoms with Crippen molar-refractivity contribution in [2.75, 3.05) is 7.11 Å². The van der Waals surface area contributed by atoms with Gasteiger partial charge >= 0.3 is 0 Å². The molecule has 2 aromatic rings. The fourth-order valence-corrected chi connectivity index (χ4v) is 1.51. The average Bonchev–Trinajstić information content (AvgIpc) is 2.40. The molecular formula is C14H12O3. The van der Waals surface area contributed by atoms with E-state index < -0.39 is 0 Å². The van der Waals surface area contributed by atoms with Crippen molar-refractivity contribution in [3.63, 3.8) is 0 Å². The predicted molar refractivity (Wildman–Crippen MR) is 64.0 cm³/mol. The second-order valence-corrected chi connectivity index (χ2v) is 3.47. The van der Waals surface area contributed by atoms with Crippen LogP contribution in [-0.4, -0.2) is 12.9 Å². The third-order valence-corrected chi connectivity index (χ3v) is 2.33. The van der Waals surface area contributed by atoms with Crippen molar-refractivity contribution in [3.05, 3.63) is 65.7 Å². The average molecular weight is 228 g/mol. The molecule has 0 amide bonds. The number of rotatable bonds is 4. The second-order valence-electron chi connectivity index (χ2n) is 3.47. The Labute approximate surface area is 99.5 Å². The van der Waals surface area contributed by atoms with Gasteiger partial charge in [-0.25, -0.2) is 0 Å². The van der Waals surface area contributed by atoms with E-state index in [1.807, 2.05) is 18.2 Å². The van der Waals surface area contributed by atoms with E-state index in [0.29, 0.717) is 16.9 Å². The highest BCUT2D eigenvalue weighted by atomic mass is 17.2. The zero-order valence-corrected chi connectivity index (χ0v) is 9.42. The molecule has 3 nitrogen and oxygen atoms in total. The molecule has 0 radical (unpaired) electrons. The van der Waals surface area contributed by atoms with E-state index in [-0.39, 0.29) is 5.78 Å². The minimum absolute atomic E-state index is 0.00503. The molecule has 0 saturated carbocycles. The zero-order valence-electron chi connectivity index (χ0n) is 9.42. The van der Waals surface area contributed by atoms with Crippen LogP contribution in [0.3, 0.4) is 0 Å². The third-order valence-electron chi connectivity index (χ3n) is 2.33. The molecule has 0 unspecified atom stereocenters. The number of hydrogen-bond donors (Lipinski definition) is 0. The third kappa shape index (κ3) is 2.71. The Kier molecular flexibility index (Phi) is 3.52. The summed E-state index contributed by atoms with van der Waals surface area (Å²) in [5, 5.41) is 0. The summed E-state index contributed by atoms with van der Waals surface area (Å²) >= 11 is 0. The van der Waals surface area contributed by atoms with Crippen molar-refractivity contribution in [1.82, 2.24) is 0 Å². The van der Waals surface area contributed by atoms with Crippen LogP contribution in [0.2, 0.25) is 0 Å². The molecule has 0 aromatic heterocycles. The van der Waals surface area contributed by atoms with E-state index in [1.165, 1.54) is 7.11 Å². The van der Waals surface area contributed by atoms with Gasteiger partial charge in [0.15, 0.2) is 11.5 Å². The molecular weight excluding hydrogens is 216 g/mol. The summed E-state index contributed by atoms with van der Waals surface area (Å²) in [7, 11) is 1.43. The highest BCUT2D eigenvalue weighted by molar-refractivity contribution is 6.08. The first-order chi connectivity index (χ1) is 8.31. The summed E-state index contributed by atoms with van der Waals surface area (Å²) < 4.78 is 0. The lowest BCUT2D eigenvalue weighted by molar-refractivity contribution is -0.178. The number of ketones is 1. The molecule has 86 valence electrons. The Morgan fingerprint density at radius 2 is 1.47 bits per heavy atom. The van der Waals surface area contributed by atoms with Crippen LogP contribution in [0.15, 0.2) is 54.6 Å². The Bertz CT molecular complexity index is 489. The Balaban J connectivity index is 2.20. The maximum absolute atomic E-state index is 12.0. The summed E-state index contributed by atoms with van der Waals surface area (Å²) in [4.78, 5) is 21.4. The molecule has 0 N–H and O–H groups in total. The molecule has 0 heterocycles. The highest BCUT2D eigenvalue weighted by Gasteiger charge is 2.08. The Hall–Kier alpha value is -2.13. The topological polar surface area (TPSA) is 35.5 Å². The van der Waals surface area contributed by atoms with E-state index in [1.54, 1.807) is 36.4 Å². The molecule has 0 aliphatic rings. The lowest BCUT2D eigenvalue weighted by atomic mass is 10.0. The van der Waals surface area contributed by atoms with Crippen molar-refractivity contribution in [2.45, 2.75) is 0 Å². The second kappa shape index (κ2) is 5.27. The fourth-order valence-electron chi connectivity index (χ4n) is 1.51. The first-order valence-corrected chi connectivity index (χ1v) is 5.22. The smallest absolute Gasteiger partial charge is 0.193 e. The number of carbonyl (C=O) groups excluding carboxylic acids is 1. The summed E-state index contributed by atoms with van der Waals surface area (Å²) in [6.45, 7) is 0. The molecule has 0 saturated heterocycles. The molecule has 2 aromatic carbocycles. The minimum Gasteiger partial charge on any atom is -0.338 e. The van der Waals surface area contributed by atoms with Gasteiger partial charge in [-0.2, -0.15) is 4.89 Å². The van der Waals surface area contributed by atoms with Crippen LogP contribution in [0.4, 0.5) is 0 Å². The normalized spacial score (nSPS) is 9.94. The summed E-state index contributed by atoms with van der Waals surface area (Å²) in [6.07, 6.45) is 0. The van der Waals surface area contributed by atoms with Gasteiger partial charge in [0.25, 0.3) is 0 Å². The SMILES string of the molecule is COOc1ccc(C(=O)c2ccccc2)cc1. The van der Waals surface area contributed by atoms with E-state index in [4.69, 9.17) is 4.89 Å². The summed E-state index contributed by atoms with van der Waals surface area (Å²) in [5.74, 6) is 0.562. The molecule has 0 aliphatic heterocycles. The van der Waals surface area contributed by atoms with Crippen LogP contribution in [-0.2, 0) is 4.89 Å². The van der Waals surface area contributed by atoms with Gasteiger partial charge in [-0.05, 0) is 24.3 Å². The van der Waals surface area contributed by atoms with Gasteiger partial charge in [0.2, 0.25) is 0 Å². The van der Waals surface area contributed by atoms with Crippen molar-refractivity contribution < 1.29 is 14.6 Å². The van der Waals surface area contributed by atoms with Gasteiger partial charge in [0, 0.05) is 11.1 Å². The van der Waals surface area contributed by atoms with Gasteiger partial charge in [-0.3, -0.25) is 4.79 Å². The van der Waals surface area contributed by atoms with Crippen LogP contribution >= 0.6 is 0 Å². The van der Waals surface area contributed by atoms with Crippen LogP contribution in [0.5, 0.6) is 5.75 Å². The first kappa shape index (κ1) is 11.4. The summed E-state index contributed by atoms with van der Waals surface area (Å²) in [5.41, 5.74) is 1.30. The van der Waals surface area contributed by atoms with Gasteiger partial charge in [0.1, 0.15) is 0 Å². The van der Waals surface area contributed by atoms with E-state index in [0.717, 1.165) is 0 Å². The van der Waals surface area contributed by atoms with Crippen LogP contribution in [0.1, 0.15) is 15.9 Å². The maximum atomic E-state index is 12.0. The van der Waals surface area contributed by atoms with Crippen LogP contribution < -0.4 is 4.89 Å². The number of carbonyl (C=O) groups is 1.